The zero-order valence-electron chi connectivity index (χ0n) is 9.81. The quantitative estimate of drug-likeness (QED) is 0.647. The number of aryl methyl sites for hydroxylation is 1. The van der Waals surface area contributed by atoms with Crippen molar-refractivity contribution in [2.45, 2.75) is 13.0 Å². The minimum Gasteiger partial charge on any atom is -0.336 e. The molecule has 2 rings (SSSR count). The van der Waals surface area contributed by atoms with E-state index in [-0.39, 0.29) is 6.04 Å². The molecule has 1 heterocycles. The lowest BCUT2D eigenvalue weighted by Gasteiger charge is -2.18. The van der Waals surface area contributed by atoms with Crippen LogP contribution in [0.2, 0.25) is 5.02 Å². The van der Waals surface area contributed by atoms with E-state index >= 15 is 0 Å². The fraction of sp³-hybridized carbons (Fsp3) is 0.250. The van der Waals surface area contributed by atoms with Crippen LogP contribution in [0, 0.1) is 6.92 Å². The lowest BCUT2D eigenvalue weighted by Crippen LogP contribution is -2.31. The highest BCUT2D eigenvalue weighted by molar-refractivity contribution is 6.31. The van der Waals surface area contributed by atoms with Crippen LogP contribution in [0.1, 0.15) is 23.0 Å². The van der Waals surface area contributed by atoms with Gasteiger partial charge < -0.3 is 4.57 Å². The fourth-order valence-electron chi connectivity index (χ4n) is 1.90. The Morgan fingerprint density at radius 3 is 2.82 bits per heavy atom. The van der Waals surface area contributed by atoms with Gasteiger partial charge in [-0.25, -0.2) is 10.4 Å². The molecular formula is C12H15ClN4. The molecule has 1 aromatic heterocycles. The number of rotatable bonds is 3. The summed E-state index contributed by atoms with van der Waals surface area (Å²) in [5.74, 6) is 6.50. The van der Waals surface area contributed by atoms with Crippen molar-refractivity contribution in [1.82, 2.24) is 15.0 Å². The van der Waals surface area contributed by atoms with E-state index in [4.69, 9.17) is 17.4 Å². The molecule has 3 N–H and O–H groups in total. The third kappa shape index (κ3) is 2.20. The van der Waals surface area contributed by atoms with Crippen molar-refractivity contribution < 1.29 is 0 Å². The van der Waals surface area contributed by atoms with Crippen molar-refractivity contribution in [2.75, 3.05) is 0 Å². The van der Waals surface area contributed by atoms with Crippen molar-refractivity contribution in [3.05, 3.63) is 52.6 Å². The highest BCUT2D eigenvalue weighted by Gasteiger charge is 2.19. The zero-order valence-corrected chi connectivity index (χ0v) is 10.6. The Morgan fingerprint density at radius 1 is 1.47 bits per heavy atom. The molecule has 0 aliphatic carbocycles. The first-order valence-electron chi connectivity index (χ1n) is 5.33. The molecule has 0 fully saturated rings. The first-order valence-corrected chi connectivity index (χ1v) is 5.71. The van der Waals surface area contributed by atoms with Crippen LogP contribution >= 0.6 is 11.6 Å². The predicted octanol–water partition coefficient (Wildman–Crippen LogP) is 1.93. The van der Waals surface area contributed by atoms with Crippen LogP contribution in [0.25, 0.3) is 0 Å². The van der Waals surface area contributed by atoms with Gasteiger partial charge in [-0.15, -0.1) is 0 Å². The molecule has 0 aliphatic heterocycles. The first-order chi connectivity index (χ1) is 8.15. The Hall–Kier alpha value is -1.36. The van der Waals surface area contributed by atoms with E-state index in [1.54, 1.807) is 6.20 Å². The largest absolute Gasteiger partial charge is 0.336 e. The molecule has 1 aromatic carbocycles. The standard InChI is InChI=1S/C12H15ClN4/c1-8-9(4-3-5-10(8)13)11(16-14)12-15-6-7-17(12)2/h3-7,11,16H,14H2,1-2H3. The smallest absolute Gasteiger partial charge is 0.131 e. The topological polar surface area (TPSA) is 55.9 Å². The van der Waals surface area contributed by atoms with Gasteiger partial charge in [-0.2, -0.15) is 0 Å². The van der Waals surface area contributed by atoms with Crippen LogP contribution in [0.15, 0.2) is 30.6 Å². The molecule has 1 unspecified atom stereocenters. The molecule has 0 spiro atoms. The number of imidazole rings is 1. The van der Waals surface area contributed by atoms with E-state index in [1.807, 2.05) is 42.9 Å². The number of nitrogens with one attached hydrogen (secondary N) is 1. The van der Waals surface area contributed by atoms with Crippen LogP contribution in [0.3, 0.4) is 0 Å². The monoisotopic (exact) mass is 250 g/mol. The maximum atomic E-state index is 6.12. The Balaban J connectivity index is 2.50. The van der Waals surface area contributed by atoms with Gasteiger partial charge in [0.1, 0.15) is 11.9 Å². The van der Waals surface area contributed by atoms with Gasteiger partial charge in [0.2, 0.25) is 0 Å². The molecule has 90 valence electrons. The van der Waals surface area contributed by atoms with Crippen molar-refractivity contribution in [1.29, 1.82) is 0 Å². The molecule has 1 atom stereocenters. The molecule has 0 saturated heterocycles. The normalized spacial score (nSPS) is 12.7. The van der Waals surface area contributed by atoms with Gasteiger partial charge in [0.15, 0.2) is 0 Å². The SMILES string of the molecule is Cc1c(Cl)cccc1C(NN)c1nccn1C. The summed E-state index contributed by atoms with van der Waals surface area (Å²) in [5.41, 5.74) is 4.84. The predicted molar refractivity (Wildman–Crippen MR) is 68.6 cm³/mol. The Bertz CT molecular complexity index is 521. The van der Waals surface area contributed by atoms with Crippen LogP contribution in [0.5, 0.6) is 0 Å². The summed E-state index contributed by atoms with van der Waals surface area (Å²) in [6.45, 7) is 1.98. The molecule has 0 saturated carbocycles. The van der Waals surface area contributed by atoms with Crippen molar-refractivity contribution in [3.63, 3.8) is 0 Å². The average molecular weight is 251 g/mol. The van der Waals surface area contributed by atoms with E-state index in [9.17, 15) is 0 Å². The number of halogens is 1. The molecule has 2 aromatic rings. The summed E-state index contributed by atoms with van der Waals surface area (Å²) in [7, 11) is 1.94. The van der Waals surface area contributed by atoms with E-state index in [2.05, 4.69) is 10.4 Å². The summed E-state index contributed by atoms with van der Waals surface area (Å²) in [5, 5.41) is 0.733. The molecule has 0 amide bonds. The number of benzene rings is 1. The number of nitrogens with two attached hydrogens (primary N) is 1. The summed E-state index contributed by atoms with van der Waals surface area (Å²) >= 11 is 6.12. The first kappa shape index (κ1) is 12.1. The molecule has 0 bridgehead atoms. The van der Waals surface area contributed by atoms with Gasteiger partial charge in [0.25, 0.3) is 0 Å². The van der Waals surface area contributed by atoms with Crippen LogP contribution in [-0.2, 0) is 7.05 Å². The van der Waals surface area contributed by atoms with E-state index in [0.29, 0.717) is 0 Å². The highest BCUT2D eigenvalue weighted by atomic mass is 35.5. The molecule has 0 radical (unpaired) electrons. The minimum absolute atomic E-state index is 0.159. The van der Waals surface area contributed by atoms with Gasteiger partial charge in [-0.3, -0.25) is 5.84 Å². The van der Waals surface area contributed by atoms with Crippen molar-refractivity contribution in [3.8, 4) is 0 Å². The maximum Gasteiger partial charge on any atom is 0.131 e. The molecule has 0 aliphatic rings. The van der Waals surface area contributed by atoms with Crippen LogP contribution in [-0.4, -0.2) is 9.55 Å². The Labute approximate surface area is 105 Å². The summed E-state index contributed by atoms with van der Waals surface area (Å²) in [6.07, 6.45) is 3.64. The second-order valence-electron chi connectivity index (χ2n) is 3.95. The van der Waals surface area contributed by atoms with Crippen molar-refractivity contribution in [2.24, 2.45) is 12.9 Å². The molecule has 4 nitrogen and oxygen atoms in total. The fourth-order valence-corrected chi connectivity index (χ4v) is 2.08. The van der Waals surface area contributed by atoms with Gasteiger partial charge in [0.05, 0.1) is 0 Å². The van der Waals surface area contributed by atoms with Crippen LogP contribution < -0.4 is 11.3 Å². The number of aromatic nitrogens is 2. The maximum absolute atomic E-state index is 6.12. The van der Waals surface area contributed by atoms with Crippen LogP contribution in [0.4, 0.5) is 0 Å². The summed E-state index contributed by atoms with van der Waals surface area (Å²) < 4.78 is 1.94. The minimum atomic E-state index is -0.159. The molecule has 5 heteroatoms. The molecular weight excluding hydrogens is 236 g/mol. The van der Waals surface area contributed by atoms with Gasteiger partial charge in [-0.05, 0) is 24.1 Å². The lowest BCUT2D eigenvalue weighted by molar-refractivity contribution is 0.577. The second-order valence-corrected chi connectivity index (χ2v) is 4.36. The zero-order chi connectivity index (χ0) is 12.4. The number of hydrogen-bond acceptors (Lipinski definition) is 3. The lowest BCUT2D eigenvalue weighted by atomic mass is 10.0. The highest BCUT2D eigenvalue weighted by Crippen LogP contribution is 2.27. The summed E-state index contributed by atoms with van der Waals surface area (Å²) in [6, 6.07) is 5.62. The van der Waals surface area contributed by atoms with E-state index < -0.39 is 0 Å². The number of hydrogen-bond donors (Lipinski definition) is 2. The third-order valence-electron chi connectivity index (χ3n) is 2.90. The van der Waals surface area contributed by atoms with Gasteiger partial charge in [0, 0.05) is 24.5 Å². The summed E-state index contributed by atoms with van der Waals surface area (Å²) in [4.78, 5) is 4.31. The van der Waals surface area contributed by atoms with E-state index in [0.717, 1.165) is 22.0 Å². The number of hydrazine groups is 1. The Morgan fingerprint density at radius 2 is 2.24 bits per heavy atom. The third-order valence-corrected chi connectivity index (χ3v) is 3.31. The van der Waals surface area contributed by atoms with E-state index in [1.165, 1.54) is 0 Å². The van der Waals surface area contributed by atoms with Crippen molar-refractivity contribution >= 4 is 11.6 Å². The Kier molecular flexibility index (Phi) is 3.47. The second kappa shape index (κ2) is 4.87. The van der Waals surface area contributed by atoms with Gasteiger partial charge >= 0.3 is 0 Å². The molecule has 17 heavy (non-hydrogen) atoms. The number of nitrogens with zero attached hydrogens (tertiary/aromatic N) is 2. The van der Waals surface area contributed by atoms with Gasteiger partial charge in [-0.1, -0.05) is 23.7 Å². The average Bonchev–Trinajstić information content (AvgIpc) is 2.72.